The molecule has 0 unspecified atom stereocenters. The average Bonchev–Trinajstić information content (AvgIpc) is 2.61. The molecule has 3 nitrogen and oxygen atoms in total. The molecule has 2 aromatic rings. The van der Waals surface area contributed by atoms with Crippen molar-refractivity contribution < 1.29 is 4.79 Å². The van der Waals surface area contributed by atoms with Crippen LogP contribution in [0.15, 0.2) is 48.5 Å². The number of hydrogen-bond acceptors (Lipinski definition) is 2. The molecule has 0 saturated carbocycles. The van der Waals surface area contributed by atoms with Gasteiger partial charge in [-0.3, -0.25) is 4.79 Å². The molecule has 0 saturated heterocycles. The number of aryl methyl sites for hydroxylation is 2. The molecule has 24 heavy (non-hydrogen) atoms. The Morgan fingerprint density at radius 3 is 2.29 bits per heavy atom. The van der Waals surface area contributed by atoms with E-state index in [1.165, 1.54) is 22.4 Å². The van der Waals surface area contributed by atoms with Gasteiger partial charge < -0.3 is 10.2 Å². The highest BCUT2D eigenvalue weighted by molar-refractivity contribution is 5.72. The predicted octanol–water partition coefficient (Wildman–Crippen LogP) is 3.95. The largest absolute Gasteiger partial charge is 0.372 e. The summed E-state index contributed by atoms with van der Waals surface area (Å²) in [5, 5.41) is 2.92. The molecule has 1 amide bonds. The van der Waals surface area contributed by atoms with Gasteiger partial charge in [-0.2, -0.15) is 0 Å². The minimum Gasteiger partial charge on any atom is -0.372 e. The van der Waals surface area contributed by atoms with Crippen LogP contribution in [0.2, 0.25) is 0 Å². The van der Waals surface area contributed by atoms with Crippen molar-refractivity contribution in [2.24, 2.45) is 0 Å². The summed E-state index contributed by atoms with van der Waals surface area (Å²) in [4.78, 5) is 13.6. The second-order valence-electron chi connectivity index (χ2n) is 6.02. The number of nitrogens with zero attached hydrogens (tertiary/aromatic N) is 1. The number of benzene rings is 2. The predicted molar refractivity (Wildman–Crippen MR) is 101 cm³/mol. The third-order valence-corrected chi connectivity index (χ3v) is 4.37. The highest BCUT2D eigenvalue weighted by Crippen LogP contribution is 2.21. The molecular formula is C21H28N2O. The van der Waals surface area contributed by atoms with Gasteiger partial charge in [-0.15, -0.1) is 0 Å². The van der Waals surface area contributed by atoms with Gasteiger partial charge in [0.05, 0.1) is 0 Å². The molecule has 0 heterocycles. The zero-order valence-electron chi connectivity index (χ0n) is 15.0. The normalized spacial score (nSPS) is 10.5. The first-order chi connectivity index (χ1) is 11.6. The van der Waals surface area contributed by atoms with Crippen molar-refractivity contribution in [3.8, 4) is 0 Å². The molecule has 0 aliphatic rings. The second kappa shape index (κ2) is 9.11. The molecule has 0 bridgehead atoms. The summed E-state index contributed by atoms with van der Waals surface area (Å²) in [7, 11) is 0. The zero-order valence-corrected chi connectivity index (χ0v) is 15.0. The summed E-state index contributed by atoms with van der Waals surface area (Å²) < 4.78 is 0. The monoisotopic (exact) mass is 324 g/mol. The van der Waals surface area contributed by atoms with Crippen molar-refractivity contribution in [2.45, 2.75) is 40.2 Å². The van der Waals surface area contributed by atoms with Gasteiger partial charge in [0.25, 0.3) is 0 Å². The van der Waals surface area contributed by atoms with Gasteiger partial charge in [-0.1, -0.05) is 36.4 Å². The van der Waals surface area contributed by atoms with E-state index in [1.54, 1.807) is 6.92 Å². The number of hydrogen-bond donors (Lipinski definition) is 1. The molecule has 0 aliphatic heterocycles. The van der Waals surface area contributed by atoms with Crippen LogP contribution in [-0.4, -0.2) is 19.0 Å². The number of amides is 1. The summed E-state index contributed by atoms with van der Waals surface area (Å²) in [6.45, 7) is 8.52. The Hall–Kier alpha value is -2.29. The van der Waals surface area contributed by atoms with Crippen LogP contribution >= 0.6 is 0 Å². The molecule has 3 heteroatoms. The molecular weight excluding hydrogens is 296 g/mol. The van der Waals surface area contributed by atoms with E-state index in [0.717, 1.165) is 25.9 Å². The van der Waals surface area contributed by atoms with Gasteiger partial charge >= 0.3 is 0 Å². The summed E-state index contributed by atoms with van der Waals surface area (Å²) >= 11 is 0. The van der Waals surface area contributed by atoms with Gasteiger partial charge in [0.1, 0.15) is 0 Å². The molecule has 0 radical (unpaired) electrons. The van der Waals surface area contributed by atoms with Gasteiger partial charge in [0.2, 0.25) is 5.91 Å². The molecule has 1 N–H and O–H groups in total. The van der Waals surface area contributed by atoms with E-state index in [0.29, 0.717) is 6.54 Å². The van der Waals surface area contributed by atoms with E-state index in [4.69, 9.17) is 0 Å². The van der Waals surface area contributed by atoms with Crippen molar-refractivity contribution in [1.82, 2.24) is 5.32 Å². The third kappa shape index (κ3) is 5.12. The highest BCUT2D eigenvalue weighted by atomic mass is 16.1. The maximum atomic E-state index is 11.3. The van der Waals surface area contributed by atoms with Crippen LogP contribution in [0.4, 0.5) is 5.69 Å². The lowest BCUT2D eigenvalue weighted by Crippen LogP contribution is -2.23. The van der Waals surface area contributed by atoms with E-state index in [-0.39, 0.29) is 5.91 Å². The van der Waals surface area contributed by atoms with Gasteiger partial charge in [-0.05, 0) is 55.5 Å². The number of carbonyl (C=O) groups excluding carboxylic acids is 1. The Labute approximate surface area is 145 Å². The number of rotatable bonds is 8. The Balaban J connectivity index is 2.21. The molecule has 0 atom stereocenters. The first-order valence-electron chi connectivity index (χ1n) is 8.79. The van der Waals surface area contributed by atoms with E-state index in [9.17, 15) is 4.79 Å². The molecule has 0 aliphatic carbocycles. The summed E-state index contributed by atoms with van der Waals surface area (Å²) in [6, 6.07) is 17.2. The summed E-state index contributed by atoms with van der Waals surface area (Å²) in [6.07, 6.45) is 1.99. The maximum absolute atomic E-state index is 11.3. The molecule has 0 aromatic heterocycles. The van der Waals surface area contributed by atoms with Crippen LogP contribution in [0.25, 0.3) is 0 Å². The van der Waals surface area contributed by atoms with Crippen LogP contribution in [-0.2, 0) is 24.2 Å². The standard InChI is InChI=1S/C21H28N2O/c1-4-23(5-2)21-14-13-20(16-22-17(3)24)19(15-21)12-11-18-9-7-6-8-10-18/h6-10,13-15H,4-5,11-12,16H2,1-3H3,(H,22,24). The molecule has 0 spiro atoms. The minimum absolute atomic E-state index is 0.0110. The van der Waals surface area contributed by atoms with Crippen molar-refractivity contribution in [1.29, 1.82) is 0 Å². The van der Waals surface area contributed by atoms with Crippen LogP contribution in [0.1, 0.15) is 37.5 Å². The molecule has 2 rings (SSSR count). The summed E-state index contributed by atoms with van der Waals surface area (Å²) in [5.41, 5.74) is 5.12. The van der Waals surface area contributed by atoms with Crippen molar-refractivity contribution >= 4 is 11.6 Å². The number of anilines is 1. The fourth-order valence-corrected chi connectivity index (χ4v) is 2.95. The highest BCUT2D eigenvalue weighted by Gasteiger charge is 2.09. The zero-order chi connectivity index (χ0) is 17.4. The minimum atomic E-state index is 0.0110. The maximum Gasteiger partial charge on any atom is 0.217 e. The lowest BCUT2D eigenvalue weighted by Gasteiger charge is -2.23. The van der Waals surface area contributed by atoms with Gasteiger partial charge in [0.15, 0.2) is 0 Å². The second-order valence-corrected chi connectivity index (χ2v) is 6.02. The topological polar surface area (TPSA) is 32.3 Å². The van der Waals surface area contributed by atoms with E-state index in [2.05, 4.69) is 66.5 Å². The van der Waals surface area contributed by atoms with E-state index in [1.807, 2.05) is 6.07 Å². The Bertz CT molecular complexity index is 648. The molecule has 128 valence electrons. The lowest BCUT2D eigenvalue weighted by molar-refractivity contribution is -0.119. The van der Waals surface area contributed by atoms with Crippen molar-refractivity contribution in [3.05, 3.63) is 65.2 Å². The van der Waals surface area contributed by atoms with Crippen LogP contribution in [0.5, 0.6) is 0 Å². The fraction of sp³-hybridized carbons (Fsp3) is 0.381. The first kappa shape index (κ1) is 18.1. The fourth-order valence-electron chi connectivity index (χ4n) is 2.95. The van der Waals surface area contributed by atoms with Crippen molar-refractivity contribution in [2.75, 3.05) is 18.0 Å². The van der Waals surface area contributed by atoms with Crippen molar-refractivity contribution in [3.63, 3.8) is 0 Å². The summed E-state index contributed by atoms with van der Waals surface area (Å²) in [5.74, 6) is 0.0110. The van der Waals surface area contributed by atoms with E-state index >= 15 is 0 Å². The van der Waals surface area contributed by atoms with Gasteiger partial charge in [0, 0.05) is 32.2 Å². The Morgan fingerprint density at radius 1 is 0.958 bits per heavy atom. The number of nitrogens with one attached hydrogen (secondary N) is 1. The average molecular weight is 324 g/mol. The van der Waals surface area contributed by atoms with E-state index < -0.39 is 0 Å². The van der Waals surface area contributed by atoms with Crippen LogP contribution < -0.4 is 10.2 Å². The Kier molecular flexibility index (Phi) is 6.86. The Morgan fingerprint density at radius 2 is 1.67 bits per heavy atom. The molecule has 2 aromatic carbocycles. The van der Waals surface area contributed by atoms with Gasteiger partial charge in [-0.25, -0.2) is 0 Å². The number of carbonyl (C=O) groups is 1. The van der Waals surface area contributed by atoms with Crippen LogP contribution in [0, 0.1) is 0 Å². The van der Waals surface area contributed by atoms with Crippen LogP contribution in [0.3, 0.4) is 0 Å². The third-order valence-electron chi connectivity index (χ3n) is 4.37. The lowest BCUT2D eigenvalue weighted by atomic mass is 9.98. The smallest absolute Gasteiger partial charge is 0.217 e. The first-order valence-corrected chi connectivity index (χ1v) is 8.79. The SMILES string of the molecule is CCN(CC)c1ccc(CNC(C)=O)c(CCc2ccccc2)c1. The quantitative estimate of drug-likeness (QED) is 0.797. The molecule has 0 fully saturated rings.